The molecule has 0 aliphatic heterocycles. The minimum absolute atomic E-state index is 0.170. The van der Waals surface area contributed by atoms with Crippen molar-refractivity contribution in [3.8, 4) is 0 Å². The number of rotatable bonds is 6. The molecular weight excluding hydrogens is 210 g/mol. The van der Waals surface area contributed by atoms with E-state index in [1.165, 1.54) is 14.0 Å². The third-order valence-electron chi connectivity index (χ3n) is 2.98. The van der Waals surface area contributed by atoms with Gasteiger partial charge in [-0.15, -0.1) is 0 Å². The second-order valence-electron chi connectivity index (χ2n) is 4.64. The molecule has 2 N–H and O–H groups in total. The van der Waals surface area contributed by atoms with Crippen LogP contribution in [0.1, 0.15) is 33.1 Å². The molecule has 1 fully saturated rings. The smallest absolute Gasteiger partial charge is 0.319 e. The summed E-state index contributed by atoms with van der Waals surface area (Å²) in [6.45, 7) is 3.20. The number of nitrogens with one attached hydrogen (secondary N) is 1. The lowest BCUT2D eigenvalue weighted by Gasteiger charge is -2.26. The molecule has 5 heteroatoms. The molecule has 0 aromatic rings. The maximum atomic E-state index is 11.9. The first-order chi connectivity index (χ1) is 7.40. The highest BCUT2D eigenvalue weighted by Crippen LogP contribution is 2.28. The quantitative estimate of drug-likeness (QED) is 0.660. The summed E-state index contributed by atoms with van der Waals surface area (Å²) in [4.78, 5) is 23.1. The van der Waals surface area contributed by atoms with Crippen molar-refractivity contribution in [3.63, 3.8) is 0 Å². The highest BCUT2D eigenvalue weighted by atomic mass is 16.5. The maximum absolute atomic E-state index is 11.9. The minimum atomic E-state index is -1.40. The first-order valence-corrected chi connectivity index (χ1v) is 5.47. The van der Waals surface area contributed by atoms with E-state index in [-0.39, 0.29) is 18.6 Å². The van der Waals surface area contributed by atoms with Crippen LogP contribution in [0.5, 0.6) is 0 Å². The average Bonchev–Trinajstić information content (AvgIpc) is 3.00. The molecule has 0 bridgehead atoms. The van der Waals surface area contributed by atoms with Gasteiger partial charge in [0.15, 0.2) is 0 Å². The summed E-state index contributed by atoms with van der Waals surface area (Å²) in [7, 11) is 1.51. The van der Waals surface area contributed by atoms with E-state index < -0.39 is 17.3 Å². The van der Waals surface area contributed by atoms with Crippen LogP contribution in [0.4, 0.5) is 0 Å². The van der Waals surface area contributed by atoms with Gasteiger partial charge >= 0.3 is 5.97 Å². The fraction of sp³-hybridized carbons (Fsp3) is 0.818. The van der Waals surface area contributed by atoms with Gasteiger partial charge in [0.25, 0.3) is 0 Å². The van der Waals surface area contributed by atoms with Crippen LogP contribution in [0.2, 0.25) is 0 Å². The second-order valence-corrected chi connectivity index (χ2v) is 4.64. The molecule has 1 rings (SSSR count). The van der Waals surface area contributed by atoms with E-state index in [4.69, 9.17) is 9.84 Å². The van der Waals surface area contributed by atoms with Crippen molar-refractivity contribution >= 4 is 11.9 Å². The standard InChI is InChI=1S/C11H19NO4/c1-7(16-3)6-11(2,10(14)15)9(13)12-8-4-5-8/h7-8H,4-6H2,1-3H3,(H,12,13)(H,14,15). The molecule has 2 unspecified atom stereocenters. The summed E-state index contributed by atoms with van der Waals surface area (Å²) in [6, 6.07) is 0.170. The highest BCUT2D eigenvalue weighted by molar-refractivity contribution is 6.01. The number of aliphatic carboxylic acids is 1. The molecule has 2 atom stereocenters. The fourth-order valence-corrected chi connectivity index (χ4v) is 1.51. The molecule has 0 aromatic heterocycles. The molecule has 1 aliphatic rings. The molecule has 16 heavy (non-hydrogen) atoms. The number of hydrogen-bond donors (Lipinski definition) is 2. The Bertz CT molecular complexity index is 288. The van der Waals surface area contributed by atoms with E-state index in [0.29, 0.717) is 0 Å². The molecule has 5 nitrogen and oxygen atoms in total. The van der Waals surface area contributed by atoms with Gasteiger partial charge in [-0.3, -0.25) is 9.59 Å². The molecule has 1 amide bonds. The van der Waals surface area contributed by atoms with Crippen molar-refractivity contribution in [2.45, 2.75) is 45.3 Å². The molecule has 1 aliphatic carbocycles. The third-order valence-corrected chi connectivity index (χ3v) is 2.98. The minimum Gasteiger partial charge on any atom is -0.480 e. The van der Waals surface area contributed by atoms with Gasteiger partial charge in [0.05, 0.1) is 6.10 Å². The first-order valence-electron chi connectivity index (χ1n) is 5.47. The van der Waals surface area contributed by atoms with E-state index >= 15 is 0 Å². The Morgan fingerprint density at radius 1 is 1.56 bits per heavy atom. The van der Waals surface area contributed by atoms with E-state index in [1.54, 1.807) is 6.92 Å². The van der Waals surface area contributed by atoms with Crippen molar-refractivity contribution in [3.05, 3.63) is 0 Å². The molecule has 0 saturated heterocycles. The first kappa shape index (κ1) is 13.0. The van der Waals surface area contributed by atoms with Crippen molar-refractivity contribution in [1.82, 2.24) is 5.32 Å². The molecular formula is C11H19NO4. The molecule has 1 saturated carbocycles. The van der Waals surface area contributed by atoms with E-state index in [1.807, 2.05) is 0 Å². The Kier molecular flexibility index (Phi) is 3.91. The van der Waals surface area contributed by atoms with Crippen LogP contribution in [0, 0.1) is 5.41 Å². The Morgan fingerprint density at radius 2 is 2.12 bits per heavy atom. The monoisotopic (exact) mass is 229 g/mol. The predicted octanol–water partition coefficient (Wildman–Crippen LogP) is 0.781. The van der Waals surface area contributed by atoms with Crippen molar-refractivity contribution in [2.75, 3.05) is 7.11 Å². The predicted molar refractivity (Wildman–Crippen MR) is 58.0 cm³/mol. The number of ether oxygens (including phenoxy) is 1. The van der Waals surface area contributed by atoms with Crippen LogP contribution in [0.15, 0.2) is 0 Å². The zero-order chi connectivity index (χ0) is 12.3. The van der Waals surface area contributed by atoms with E-state index in [9.17, 15) is 9.59 Å². The summed E-state index contributed by atoms with van der Waals surface area (Å²) in [6.07, 6.45) is 1.81. The zero-order valence-corrected chi connectivity index (χ0v) is 9.95. The summed E-state index contributed by atoms with van der Waals surface area (Å²) in [5, 5.41) is 11.9. The Morgan fingerprint density at radius 3 is 2.50 bits per heavy atom. The third kappa shape index (κ3) is 2.95. The lowest BCUT2D eigenvalue weighted by atomic mass is 9.83. The van der Waals surface area contributed by atoms with Crippen molar-refractivity contribution in [1.29, 1.82) is 0 Å². The molecule has 0 spiro atoms. The van der Waals surface area contributed by atoms with Crippen LogP contribution in [0.3, 0.4) is 0 Å². The number of carboxylic acid groups (broad SMARTS) is 1. The van der Waals surface area contributed by atoms with Gasteiger partial charge < -0.3 is 15.2 Å². The summed E-state index contributed by atoms with van der Waals surface area (Å²) < 4.78 is 5.02. The van der Waals surface area contributed by atoms with E-state index in [0.717, 1.165) is 12.8 Å². The maximum Gasteiger partial charge on any atom is 0.319 e. The Labute approximate surface area is 95.2 Å². The van der Waals surface area contributed by atoms with Gasteiger partial charge in [0.2, 0.25) is 5.91 Å². The van der Waals surface area contributed by atoms with Gasteiger partial charge in [0, 0.05) is 13.2 Å². The molecule has 92 valence electrons. The number of carbonyl (C=O) groups excluding carboxylic acids is 1. The van der Waals surface area contributed by atoms with Gasteiger partial charge in [-0.2, -0.15) is 0 Å². The lowest BCUT2D eigenvalue weighted by molar-refractivity contribution is -0.157. The topological polar surface area (TPSA) is 75.6 Å². The largest absolute Gasteiger partial charge is 0.480 e. The Balaban J connectivity index is 2.69. The van der Waals surface area contributed by atoms with Crippen LogP contribution in [0.25, 0.3) is 0 Å². The summed E-state index contributed by atoms with van der Waals surface area (Å²) in [5.74, 6) is -1.51. The Hall–Kier alpha value is -1.10. The van der Waals surface area contributed by atoms with Crippen molar-refractivity contribution in [2.24, 2.45) is 5.41 Å². The summed E-state index contributed by atoms with van der Waals surface area (Å²) >= 11 is 0. The number of methoxy groups -OCH3 is 1. The average molecular weight is 229 g/mol. The number of hydrogen-bond acceptors (Lipinski definition) is 3. The zero-order valence-electron chi connectivity index (χ0n) is 9.95. The van der Waals surface area contributed by atoms with Gasteiger partial charge in [0.1, 0.15) is 5.41 Å². The number of carboxylic acids is 1. The van der Waals surface area contributed by atoms with Gasteiger partial charge in [-0.05, 0) is 33.1 Å². The van der Waals surface area contributed by atoms with Crippen molar-refractivity contribution < 1.29 is 19.4 Å². The van der Waals surface area contributed by atoms with E-state index in [2.05, 4.69) is 5.32 Å². The highest BCUT2D eigenvalue weighted by Gasteiger charge is 2.44. The fourth-order valence-electron chi connectivity index (χ4n) is 1.51. The lowest BCUT2D eigenvalue weighted by Crippen LogP contribution is -2.47. The van der Waals surface area contributed by atoms with Crippen LogP contribution < -0.4 is 5.32 Å². The van der Waals surface area contributed by atoms with Gasteiger partial charge in [-0.1, -0.05) is 0 Å². The summed E-state index contributed by atoms with van der Waals surface area (Å²) in [5.41, 5.74) is -1.40. The normalized spacial score (nSPS) is 20.9. The van der Waals surface area contributed by atoms with Crippen LogP contribution in [-0.2, 0) is 14.3 Å². The molecule has 0 radical (unpaired) electrons. The van der Waals surface area contributed by atoms with Gasteiger partial charge in [-0.25, -0.2) is 0 Å². The van der Waals surface area contributed by atoms with Crippen LogP contribution >= 0.6 is 0 Å². The number of amides is 1. The molecule has 0 heterocycles. The number of carbonyl (C=O) groups is 2. The second kappa shape index (κ2) is 4.82. The molecule has 0 aromatic carbocycles. The van der Waals surface area contributed by atoms with Crippen LogP contribution in [-0.4, -0.2) is 36.2 Å². The SMILES string of the molecule is COC(C)CC(C)(C(=O)O)C(=O)NC1CC1.